The van der Waals surface area contributed by atoms with Crippen molar-refractivity contribution in [3.8, 4) is 11.3 Å². The zero-order valence-corrected chi connectivity index (χ0v) is 17.0. The highest BCUT2D eigenvalue weighted by molar-refractivity contribution is 8.00. The molecule has 0 radical (unpaired) electrons. The second-order valence-electron chi connectivity index (χ2n) is 8.15. The third kappa shape index (κ3) is 2.58. The van der Waals surface area contributed by atoms with Gasteiger partial charge in [0.1, 0.15) is 11.5 Å². The van der Waals surface area contributed by atoms with Crippen LogP contribution in [0.4, 0.5) is 5.69 Å². The van der Waals surface area contributed by atoms with Crippen LogP contribution in [-0.4, -0.2) is 15.2 Å². The van der Waals surface area contributed by atoms with Gasteiger partial charge in [0.25, 0.3) is 5.69 Å². The molecule has 2 saturated carbocycles. The van der Waals surface area contributed by atoms with Gasteiger partial charge >= 0.3 is 4.87 Å². The maximum Gasteiger partial charge on any atom is 0.305 e. The van der Waals surface area contributed by atoms with Gasteiger partial charge in [0.05, 0.1) is 26.3 Å². The number of aromatic amines is 1. The molecule has 2 fully saturated rings. The summed E-state index contributed by atoms with van der Waals surface area (Å²) in [6.45, 7) is 0. The van der Waals surface area contributed by atoms with Crippen molar-refractivity contribution in [3.05, 3.63) is 66.8 Å². The van der Waals surface area contributed by atoms with Crippen molar-refractivity contribution in [1.29, 1.82) is 0 Å². The molecule has 0 unspecified atom stereocenters. The van der Waals surface area contributed by atoms with Crippen LogP contribution in [0, 0.1) is 27.9 Å². The fourth-order valence-corrected chi connectivity index (χ4v) is 8.55. The normalized spacial score (nSPS) is 29.6. The number of nitro groups is 1. The molecule has 0 saturated heterocycles. The van der Waals surface area contributed by atoms with Crippen LogP contribution in [0.1, 0.15) is 35.8 Å². The number of aromatic nitrogens is 1. The van der Waals surface area contributed by atoms with E-state index in [-0.39, 0.29) is 21.4 Å². The van der Waals surface area contributed by atoms with E-state index in [0.717, 1.165) is 15.7 Å². The lowest BCUT2D eigenvalue weighted by Crippen LogP contribution is -2.33. The maximum atomic E-state index is 12.1. The van der Waals surface area contributed by atoms with Crippen molar-refractivity contribution >= 4 is 28.8 Å². The number of benzene rings is 1. The Hall–Kier alpha value is -2.32. The summed E-state index contributed by atoms with van der Waals surface area (Å²) in [5.41, 5.74) is 0.526. The summed E-state index contributed by atoms with van der Waals surface area (Å²) in [7, 11) is 0. The smallest absolute Gasteiger partial charge is 0.305 e. The zero-order valence-electron chi connectivity index (χ0n) is 15.4. The first-order chi connectivity index (χ1) is 14.1. The molecule has 2 bridgehead atoms. The molecule has 3 heterocycles. The standard InChI is InChI=1S/C21H18N2O4S2/c24-21-22-20-19(29-21)17(16-10-5-6-11(9-10)18(16)28-20)15-8-7-14(27-15)12-3-1-2-4-13(12)23(25)26/h1-4,7-8,10-11,16-18H,5-6,9H2,(H,22,24)/t10-,11+,16+,17+,18+/m1/s1. The molecule has 3 aromatic rings. The van der Waals surface area contributed by atoms with Gasteiger partial charge in [-0.1, -0.05) is 23.5 Å². The third-order valence-electron chi connectivity index (χ3n) is 6.76. The van der Waals surface area contributed by atoms with Crippen LogP contribution < -0.4 is 4.87 Å². The number of fused-ring (bicyclic) bond motifs is 6. The lowest BCUT2D eigenvalue weighted by Gasteiger charge is -2.38. The van der Waals surface area contributed by atoms with Gasteiger partial charge in [-0.25, -0.2) is 0 Å². The van der Waals surface area contributed by atoms with E-state index >= 15 is 0 Å². The van der Waals surface area contributed by atoms with Crippen LogP contribution in [0.15, 0.2) is 50.6 Å². The number of nitro benzene ring substituents is 1. The molecule has 148 valence electrons. The van der Waals surface area contributed by atoms with E-state index < -0.39 is 0 Å². The summed E-state index contributed by atoms with van der Waals surface area (Å²) in [5, 5.41) is 12.9. The van der Waals surface area contributed by atoms with E-state index in [1.807, 2.05) is 23.9 Å². The Balaban J connectivity index is 1.47. The largest absolute Gasteiger partial charge is 0.460 e. The van der Waals surface area contributed by atoms with Gasteiger partial charge in [-0.05, 0) is 55.2 Å². The minimum Gasteiger partial charge on any atom is -0.460 e. The van der Waals surface area contributed by atoms with E-state index in [0.29, 0.717) is 34.3 Å². The van der Waals surface area contributed by atoms with Crippen molar-refractivity contribution in [1.82, 2.24) is 4.98 Å². The molecule has 29 heavy (non-hydrogen) atoms. The number of rotatable bonds is 3. The minimum absolute atomic E-state index is 0.0229. The number of furan rings is 1. The molecule has 1 aliphatic heterocycles. The molecule has 6 rings (SSSR count). The molecule has 1 aromatic carbocycles. The monoisotopic (exact) mass is 426 g/mol. The highest BCUT2D eigenvalue weighted by Gasteiger charge is 2.55. The molecule has 8 heteroatoms. The molecule has 1 N–H and O–H groups in total. The van der Waals surface area contributed by atoms with Crippen molar-refractivity contribution in [2.24, 2.45) is 17.8 Å². The Morgan fingerprint density at radius 2 is 1.97 bits per heavy atom. The Morgan fingerprint density at radius 1 is 1.14 bits per heavy atom. The first-order valence-electron chi connectivity index (χ1n) is 9.83. The van der Waals surface area contributed by atoms with Gasteiger partial charge in [-0.15, -0.1) is 11.8 Å². The molecular formula is C21H18N2O4S2. The maximum absolute atomic E-state index is 12.1. The first-order valence-corrected chi connectivity index (χ1v) is 11.5. The van der Waals surface area contributed by atoms with Gasteiger partial charge in [-0.2, -0.15) is 0 Å². The van der Waals surface area contributed by atoms with Crippen molar-refractivity contribution in [3.63, 3.8) is 0 Å². The molecule has 6 nitrogen and oxygen atoms in total. The fourth-order valence-electron chi connectivity index (χ4n) is 5.67. The summed E-state index contributed by atoms with van der Waals surface area (Å²) < 4.78 is 6.26. The Labute approximate surface area is 174 Å². The average molecular weight is 427 g/mol. The highest BCUT2D eigenvalue weighted by atomic mass is 32.2. The summed E-state index contributed by atoms with van der Waals surface area (Å²) in [6, 6.07) is 10.4. The summed E-state index contributed by atoms with van der Waals surface area (Å²) >= 11 is 3.13. The molecule has 0 spiro atoms. The molecule has 3 aliphatic rings. The van der Waals surface area contributed by atoms with Gasteiger partial charge in [-0.3, -0.25) is 14.9 Å². The van der Waals surface area contributed by atoms with Crippen LogP contribution in [0.2, 0.25) is 0 Å². The second-order valence-corrected chi connectivity index (χ2v) is 10.4. The SMILES string of the molecule is O=c1[nH]c2c(s1)[C@@H](c1ccc(-c3ccccc3[N+](=O)[O-])o1)[C@@H]1[C@@H]3CC[C@@H](C3)[C@@H]1S2. The molecular weight excluding hydrogens is 408 g/mol. The van der Waals surface area contributed by atoms with Crippen molar-refractivity contribution in [2.45, 2.75) is 35.5 Å². The number of thiazole rings is 1. The predicted octanol–water partition coefficient (Wildman–Crippen LogP) is 5.26. The summed E-state index contributed by atoms with van der Waals surface area (Å²) in [4.78, 5) is 27.2. The van der Waals surface area contributed by atoms with Crippen LogP contribution >= 0.6 is 23.1 Å². The molecule has 2 aromatic heterocycles. The topological polar surface area (TPSA) is 89.1 Å². The third-order valence-corrected chi connectivity index (χ3v) is 9.39. The van der Waals surface area contributed by atoms with E-state index in [2.05, 4.69) is 4.98 Å². The molecule has 2 aliphatic carbocycles. The average Bonchev–Trinajstić information content (AvgIpc) is 3.49. The number of hydrogen-bond acceptors (Lipinski definition) is 6. The molecule has 5 atom stereocenters. The van der Waals surface area contributed by atoms with E-state index in [1.165, 1.54) is 36.7 Å². The number of para-hydroxylation sites is 1. The van der Waals surface area contributed by atoms with Crippen LogP contribution in [-0.2, 0) is 0 Å². The number of thioether (sulfide) groups is 1. The lowest BCUT2D eigenvalue weighted by molar-refractivity contribution is -0.384. The predicted molar refractivity (Wildman–Crippen MR) is 112 cm³/mol. The van der Waals surface area contributed by atoms with Crippen LogP contribution in [0.5, 0.6) is 0 Å². The highest BCUT2D eigenvalue weighted by Crippen LogP contribution is 2.63. The minimum atomic E-state index is -0.378. The second kappa shape index (κ2) is 6.34. The lowest BCUT2D eigenvalue weighted by atomic mass is 9.77. The Kier molecular flexibility index (Phi) is 3.83. The van der Waals surface area contributed by atoms with Gasteiger partial charge in [0.15, 0.2) is 0 Å². The fraction of sp³-hybridized carbons (Fsp3) is 0.381. The van der Waals surface area contributed by atoms with E-state index in [4.69, 9.17) is 4.42 Å². The molecule has 0 amide bonds. The van der Waals surface area contributed by atoms with Crippen molar-refractivity contribution < 1.29 is 9.34 Å². The quantitative estimate of drug-likeness (QED) is 0.456. The van der Waals surface area contributed by atoms with Crippen LogP contribution in [0.3, 0.4) is 0 Å². The Morgan fingerprint density at radius 3 is 2.83 bits per heavy atom. The Bertz CT molecular complexity index is 1180. The first kappa shape index (κ1) is 17.5. The zero-order chi connectivity index (χ0) is 19.7. The van der Waals surface area contributed by atoms with Gasteiger partial charge in [0, 0.05) is 11.3 Å². The van der Waals surface area contributed by atoms with Crippen molar-refractivity contribution in [2.75, 3.05) is 0 Å². The number of hydrogen-bond donors (Lipinski definition) is 1. The summed E-state index contributed by atoms with van der Waals surface area (Å²) in [5.74, 6) is 3.20. The number of H-pyrrole nitrogens is 1. The van der Waals surface area contributed by atoms with Crippen LogP contribution in [0.25, 0.3) is 11.3 Å². The summed E-state index contributed by atoms with van der Waals surface area (Å²) in [6.07, 6.45) is 3.78. The van der Waals surface area contributed by atoms with Gasteiger partial charge in [0.2, 0.25) is 0 Å². The van der Waals surface area contributed by atoms with E-state index in [9.17, 15) is 14.9 Å². The number of nitrogens with one attached hydrogen (secondary N) is 1. The number of nitrogens with zero attached hydrogens (tertiary/aromatic N) is 1. The van der Waals surface area contributed by atoms with E-state index in [1.54, 1.807) is 18.2 Å². The van der Waals surface area contributed by atoms with Gasteiger partial charge < -0.3 is 9.40 Å².